The molecule has 0 unspecified atom stereocenters. The molecule has 2 aliphatic rings. The number of ether oxygens (including phenoxy) is 1. The number of rotatable bonds is 4. The molecule has 2 aromatic rings. The number of hydrogen-bond donors (Lipinski definition) is 1. The van der Waals surface area contributed by atoms with E-state index in [1.165, 1.54) is 18.5 Å². The summed E-state index contributed by atoms with van der Waals surface area (Å²) in [5.74, 6) is 0.775. The average Bonchev–Trinajstić information content (AvgIpc) is 3.07. The molecule has 0 aliphatic carbocycles. The Morgan fingerprint density at radius 2 is 1.92 bits per heavy atom. The highest BCUT2D eigenvalue weighted by molar-refractivity contribution is 7.90. The summed E-state index contributed by atoms with van der Waals surface area (Å²) in [5.41, 5.74) is 3.22. The topological polar surface area (TPSA) is 93.5 Å². The minimum Gasteiger partial charge on any atom is -0.381 e. The molecule has 0 radical (unpaired) electrons. The SMILES string of the molecule is CS(=O)(=O)c1ccnc(C2=NCc3ccnc(NC4CCOCC4)c32)c1. The van der Waals surface area contributed by atoms with Gasteiger partial charge in [0.15, 0.2) is 9.84 Å². The third-order valence-corrected chi connectivity index (χ3v) is 5.76. The Balaban J connectivity index is 1.71. The molecular weight excluding hydrogens is 352 g/mol. The standard InChI is InChI=1S/C18H20N4O3S/c1-26(23,24)14-3-7-19-15(10-14)17-16-12(11-21-17)2-6-20-18(16)22-13-4-8-25-9-5-13/h2-3,6-7,10,13H,4-5,8-9,11H2,1H3,(H,20,22). The number of anilines is 1. The Morgan fingerprint density at radius 3 is 2.69 bits per heavy atom. The van der Waals surface area contributed by atoms with Gasteiger partial charge in [-0.2, -0.15) is 0 Å². The van der Waals surface area contributed by atoms with E-state index in [1.807, 2.05) is 6.07 Å². The van der Waals surface area contributed by atoms with Gasteiger partial charge in [-0.3, -0.25) is 9.98 Å². The molecule has 8 heteroatoms. The number of aliphatic imine (C=N–C) groups is 1. The molecule has 0 amide bonds. The van der Waals surface area contributed by atoms with Crippen LogP contribution in [0, 0.1) is 0 Å². The van der Waals surface area contributed by atoms with Gasteiger partial charge in [0.05, 0.1) is 22.8 Å². The fourth-order valence-corrected chi connectivity index (χ4v) is 3.90. The second kappa shape index (κ2) is 6.77. The first-order valence-electron chi connectivity index (χ1n) is 8.56. The maximum Gasteiger partial charge on any atom is 0.175 e. The molecule has 1 N–H and O–H groups in total. The molecule has 2 aromatic heterocycles. The molecule has 1 fully saturated rings. The van der Waals surface area contributed by atoms with Gasteiger partial charge in [0, 0.05) is 43.5 Å². The van der Waals surface area contributed by atoms with Crippen molar-refractivity contribution in [3.63, 3.8) is 0 Å². The molecule has 4 heterocycles. The number of sulfone groups is 1. The fourth-order valence-electron chi connectivity index (χ4n) is 3.27. The molecule has 0 spiro atoms. The van der Waals surface area contributed by atoms with Crippen LogP contribution in [0.5, 0.6) is 0 Å². The van der Waals surface area contributed by atoms with Gasteiger partial charge in [0.2, 0.25) is 0 Å². The number of hydrogen-bond acceptors (Lipinski definition) is 7. The zero-order valence-electron chi connectivity index (χ0n) is 14.5. The van der Waals surface area contributed by atoms with Crippen LogP contribution in [0.25, 0.3) is 0 Å². The molecule has 0 atom stereocenters. The minimum atomic E-state index is -3.31. The van der Waals surface area contributed by atoms with Crippen LogP contribution in [0.4, 0.5) is 5.82 Å². The number of nitrogens with one attached hydrogen (secondary N) is 1. The van der Waals surface area contributed by atoms with Crippen molar-refractivity contribution in [2.45, 2.75) is 30.3 Å². The second-order valence-electron chi connectivity index (χ2n) is 6.54. The predicted molar refractivity (Wildman–Crippen MR) is 98.4 cm³/mol. The monoisotopic (exact) mass is 372 g/mol. The number of pyridine rings is 2. The van der Waals surface area contributed by atoms with Crippen LogP contribution in [0.2, 0.25) is 0 Å². The van der Waals surface area contributed by atoms with Gasteiger partial charge in [-0.25, -0.2) is 13.4 Å². The highest BCUT2D eigenvalue weighted by Gasteiger charge is 2.25. The summed E-state index contributed by atoms with van der Waals surface area (Å²) >= 11 is 0. The number of fused-ring (bicyclic) bond motifs is 1. The van der Waals surface area contributed by atoms with Crippen molar-refractivity contribution < 1.29 is 13.2 Å². The predicted octanol–water partition coefficient (Wildman–Crippen LogP) is 1.82. The second-order valence-corrected chi connectivity index (χ2v) is 8.55. The van der Waals surface area contributed by atoms with E-state index >= 15 is 0 Å². The van der Waals surface area contributed by atoms with Crippen molar-refractivity contribution in [1.29, 1.82) is 0 Å². The molecule has 26 heavy (non-hydrogen) atoms. The Labute approximate surface area is 152 Å². The van der Waals surface area contributed by atoms with Crippen LogP contribution in [-0.2, 0) is 21.1 Å². The molecule has 2 aliphatic heterocycles. The quantitative estimate of drug-likeness (QED) is 0.880. The molecule has 7 nitrogen and oxygen atoms in total. The van der Waals surface area contributed by atoms with E-state index in [9.17, 15) is 8.42 Å². The summed E-state index contributed by atoms with van der Waals surface area (Å²) in [6.07, 6.45) is 6.34. The average molecular weight is 372 g/mol. The van der Waals surface area contributed by atoms with Crippen molar-refractivity contribution in [2.75, 3.05) is 24.8 Å². The molecule has 1 saturated heterocycles. The normalized spacial score (nSPS) is 17.7. The van der Waals surface area contributed by atoms with E-state index < -0.39 is 9.84 Å². The maximum absolute atomic E-state index is 11.9. The number of nitrogens with zero attached hydrogens (tertiary/aromatic N) is 3. The van der Waals surface area contributed by atoms with Crippen LogP contribution in [-0.4, -0.2) is 49.6 Å². The van der Waals surface area contributed by atoms with Gasteiger partial charge in [0.25, 0.3) is 0 Å². The summed E-state index contributed by atoms with van der Waals surface area (Å²) in [6, 6.07) is 5.33. The van der Waals surface area contributed by atoms with Crippen molar-refractivity contribution in [1.82, 2.24) is 9.97 Å². The van der Waals surface area contributed by atoms with Crippen molar-refractivity contribution >= 4 is 21.4 Å². The van der Waals surface area contributed by atoms with Crippen molar-refractivity contribution in [2.24, 2.45) is 4.99 Å². The summed E-state index contributed by atoms with van der Waals surface area (Å²) < 4.78 is 29.2. The molecule has 0 saturated carbocycles. The first-order chi connectivity index (χ1) is 12.5. The largest absolute Gasteiger partial charge is 0.381 e. The Kier molecular flexibility index (Phi) is 4.46. The molecule has 136 valence electrons. The Hall–Kier alpha value is -2.32. The van der Waals surface area contributed by atoms with Gasteiger partial charge >= 0.3 is 0 Å². The highest BCUT2D eigenvalue weighted by Crippen LogP contribution is 2.29. The lowest BCUT2D eigenvalue weighted by Crippen LogP contribution is -2.29. The van der Waals surface area contributed by atoms with Gasteiger partial charge in [-0.15, -0.1) is 0 Å². The summed E-state index contributed by atoms with van der Waals surface area (Å²) in [6.45, 7) is 2.03. The lowest BCUT2D eigenvalue weighted by molar-refractivity contribution is 0.0904. The summed E-state index contributed by atoms with van der Waals surface area (Å²) in [4.78, 5) is 13.7. The van der Waals surface area contributed by atoms with Crippen LogP contribution in [0.1, 0.15) is 29.7 Å². The van der Waals surface area contributed by atoms with E-state index in [0.717, 1.165) is 43.0 Å². The van der Waals surface area contributed by atoms with Gasteiger partial charge in [-0.1, -0.05) is 0 Å². The van der Waals surface area contributed by atoms with Crippen LogP contribution in [0.15, 0.2) is 40.5 Å². The van der Waals surface area contributed by atoms with Gasteiger partial charge < -0.3 is 10.1 Å². The van der Waals surface area contributed by atoms with Crippen LogP contribution < -0.4 is 5.32 Å². The third-order valence-electron chi connectivity index (χ3n) is 4.65. The molecular formula is C18H20N4O3S. The zero-order chi connectivity index (χ0) is 18.1. The fraction of sp³-hybridized carbons (Fsp3) is 0.389. The lowest BCUT2D eigenvalue weighted by atomic mass is 10.0. The Morgan fingerprint density at radius 1 is 1.15 bits per heavy atom. The summed E-state index contributed by atoms with van der Waals surface area (Å²) in [5, 5.41) is 3.51. The maximum atomic E-state index is 11.9. The lowest BCUT2D eigenvalue weighted by Gasteiger charge is -2.24. The smallest absolute Gasteiger partial charge is 0.175 e. The van der Waals surface area contributed by atoms with Crippen molar-refractivity contribution in [3.8, 4) is 0 Å². The molecule has 4 rings (SSSR count). The van der Waals surface area contributed by atoms with E-state index in [0.29, 0.717) is 24.0 Å². The van der Waals surface area contributed by atoms with Gasteiger partial charge in [0.1, 0.15) is 5.82 Å². The Bertz CT molecular complexity index is 966. The van der Waals surface area contributed by atoms with Crippen molar-refractivity contribution in [3.05, 3.63) is 47.4 Å². The van der Waals surface area contributed by atoms with Crippen LogP contribution >= 0.6 is 0 Å². The minimum absolute atomic E-state index is 0.237. The molecule has 0 aromatic carbocycles. The first-order valence-corrected chi connectivity index (χ1v) is 10.4. The van der Waals surface area contributed by atoms with E-state index in [4.69, 9.17) is 4.74 Å². The zero-order valence-corrected chi connectivity index (χ0v) is 15.3. The summed E-state index contributed by atoms with van der Waals surface area (Å²) in [7, 11) is -3.31. The molecule has 0 bridgehead atoms. The van der Waals surface area contributed by atoms with E-state index in [-0.39, 0.29) is 4.90 Å². The van der Waals surface area contributed by atoms with E-state index in [1.54, 1.807) is 12.3 Å². The third kappa shape index (κ3) is 3.34. The first kappa shape index (κ1) is 17.1. The van der Waals surface area contributed by atoms with Crippen LogP contribution in [0.3, 0.4) is 0 Å². The van der Waals surface area contributed by atoms with E-state index in [2.05, 4.69) is 20.3 Å². The van der Waals surface area contributed by atoms with Gasteiger partial charge in [-0.05, 0) is 36.6 Å². The number of aromatic nitrogens is 2. The highest BCUT2D eigenvalue weighted by atomic mass is 32.2.